The maximum absolute atomic E-state index is 2.22. The molecule has 0 fully saturated rings. The highest BCUT2D eigenvalue weighted by atomic mass is 14.2. The maximum atomic E-state index is 2.22. The second-order valence-electron chi connectivity index (χ2n) is 7.84. The van der Waals surface area contributed by atoms with Crippen molar-refractivity contribution in [3.8, 4) is 0 Å². The molecule has 3 rings (SSSR count). The lowest BCUT2D eigenvalue weighted by Gasteiger charge is -2.18. The van der Waals surface area contributed by atoms with Gasteiger partial charge < -0.3 is 0 Å². The van der Waals surface area contributed by atoms with Crippen molar-refractivity contribution >= 4 is 0 Å². The van der Waals surface area contributed by atoms with Crippen LogP contribution in [0.15, 0.2) is 91.0 Å². The number of hydrogen-bond acceptors (Lipinski definition) is 0. The van der Waals surface area contributed by atoms with Gasteiger partial charge in [0.2, 0.25) is 0 Å². The molecular formula is C26H34. The largest absolute Gasteiger partial charge is 0.0622 e. The molecule has 0 aromatic heterocycles. The summed E-state index contributed by atoms with van der Waals surface area (Å²) in [6.45, 7) is 13.2. The van der Waals surface area contributed by atoms with Crippen molar-refractivity contribution in [2.45, 2.75) is 52.9 Å². The first-order valence-electron chi connectivity index (χ1n) is 9.43. The molecule has 0 spiro atoms. The van der Waals surface area contributed by atoms with Crippen LogP contribution in [0.4, 0.5) is 0 Å². The Morgan fingerprint density at radius 2 is 0.962 bits per heavy atom. The lowest BCUT2D eigenvalue weighted by atomic mass is 9.87. The minimum Gasteiger partial charge on any atom is -0.0622 e. The molecule has 0 aliphatic heterocycles. The fraction of sp³-hybridized carbons (Fsp3) is 0.308. The highest BCUT2D eigenvalue weighted by Crippen LogP contribution is 2.20. The SMILES string of the molecule is CC(C)(C)c1ccccc1.CC(C)c1ccccc1.Cc1ccccc1. The van der Waals surface area contributed by atoms with E-state index >= 15 is 0 Å². The van der Waals surface area contributed by atoms with Crippen LogP contribution in [0.1, 0.15) is 57.2 Å². The molecule has 0 bridgehead atoms. The number of aryl methyl sites for hydroxylation is 1. The second-order valence-corrected chi connectivity index (χ2v) is 7.84. The molecule has 138 valence electrons. The summed E-state index contributed by atoms with van der Waals surface area (Å²) in [4.78, 5) is 0. The zero-order chi connectivity index (χ0) is 19.4. The standard InChI is InChI=1S/C10H14.C9H12.C7H8/c1-10(2,3)9-7-5-4-6-8-9;1-8(2)9-6-4-3-5-7-9;1-7-5-3-2-4-6-7/h4-8H,1-3H3;3-8H,1-2H3;2-6H,1H3. The Morgan fingerprint density at radius 3 is 1.19 bits per heavy atom. The Hall–Kier alpha value is -2.34. The smallest absolute Gasteiger partial charge is 0.0132 e. The minimum atomic E-state index is 0.293. The van der Waals surface area contributed by atoms with Crippen LogP contribution in [0.5, 0.6) is 0 Å². The van der Waals surface area contributed by atoms with E-state index in [4.69, 9.17) is 0 Å². The molecule has 0 atom stereocenters. The first kappa shape index (κ1) is 21.7. The third-order valence-corrected chi connectivity index (χ3v) is 4.05. The van der Waals surface area contributed by atoms with Crippen LogP contribution in [-0.2, 0) is 5.41 Å². The third-order valence-electron chi connectivity index (χ3n) is 4.05. The lowest BCUT2D eigenvalue weighted by Crippen LogP contribution is -2.10. The predicted octanol–water partition coefficient (Wildman–Crippen LogP) is 7.79. The van der Waals surface area contributed by atoms with Gasteiger partial charge in [-0.15, -0.1) is 0 Å². The zero-order valence-electron chi connectivity index (χ0n) is 17.2. The van der Waals surface area contributed by atoms with Gasteiger partial charge in [-0.3, -0.25) is 0 Å². The minimum absolute atomic E-state index is 0.293. The van der Waals surface area contributed by atoms with E-state index in [0.29, 0.717) is 11.3 Å². The van der Waals surface area contributed by atoms with Gasteiger partial charge in [0.25, 0.3) is 0 Å². The van der Waals surface area contributed by atoms with Gasteiger partial charge in [-0.25, -0.2) is 0 Å². The Kier molecular flexibility index (Phi) is 9.44. The van der Waals surface area contributed by atoms with E-state index in [0.717, 1.165) is 0 Å². The summed E-state index contributed by atoms with van der Waals surface area (Å²) in [6, 6.07) is 31.3. The molecule has 0 saturated carbocycles. The normalized spacial score (nSPS) is 10.3. The molecule has 3 aromatic rings. The Morgan fingerprint density at radius 1 is 0.577 bits per heavy atom. The van der Waals surface area contributed by atoms with E-state index in [9.17, 15) is 0 Å². The molecule has 0 radical (unpaired) electrons. The lowest BCUT2D eigenvalue weighted by molar-refractivity contribution is 0.590. The molecule has 0 unspecified atom stereocenters. The van der Waals surface area contributed by atoms with E-state index in [1.165, 1.54) is 16.7 Å². The van der Waals surface area contributed by atoms with Gasteiger partial charge in [0.05, 0.1) is 0 Å². The highest BCUT2D eigenvalue weighted by molar-refractivity contribution is 5.22. The summed E-state index contributed by atoms with van der Waals surface area (Å²) >= 11 is 0. The summed E-state index contributed by atoms with van der Waals surface area (Å²) in [5, 5.41) is 0. The van der Waals surface area contributed by atoms with E-state index in [2.05, 4.69) is 108 Å². The van der Waals surface area contributed by atoms with Gasteiger partial charge >= 0.3 is 0 Å². The Bertz CT molecular complexity index is 689. The molecule has 0 aliphatic rings. The summed E-state index contributed by atoms with van der Waals surface area (Å²) in [7, 11) is 0. The first-order valence-corrected chi connectivity index (χ1v) is 9.43. The average Bonchev–Trinajstić information content (AvgIpc) is 2.64. The fourth-order valence-corrected chi connectivity index (χ4v) is 2.31. The third kappa shape index (κ3) is 9.22. The maximum Gasteiger partial charge on any atom is -0.0132 e. The summed E-state index contributed by atoms with van der Waals surface area (Å²) in [6.07, 6.45) is 0. The molecule has 0 heterocycles. The second kappa shape index (κ2) is 11.3. The summed E-state index contributed by atoms with van der Waals surface area (Å²) in [5.74, 6) is 0.659. The van der Waals surface area contributed by atoms with Crippen LogP contribution in [0.25, 0.3) is 0 Å². The van der Waals surface area contributed by atoms with Crippen LogP contribution < -0.4 is 0 Å². The molecule has 0 aliphatic carbocycles. The summed E-state index contributed by atoms with van der Waals surface area (Å²) in [5.41, 5.74) is 4.43. The molecule has 3 aromatic carbocycles. The van der Waals surface area contributed by atoms with E-state index in [-0.39, 0.29) is 0 Å². The van der Waals surface area contributed by atoms with Crippen LogP contribution in [0, 0.1) is 6.92 Å². The van der Waals surface area contributed by atoms with Crippen molar-refractivity contribution in [3.05, 3.63) is 108 Å². The van der Waals surface area contributed by atoms with Crippen molar-refractivity contribution in [2.24, 2.45) is 0 Å². The van der Waals surface area contributed by atoms with Gasteiger partial charge in [-0.05, 0) is 29.4 Å². The summed E-state index contributed by atoms with van der Waals surface area (Å²) < 4.78 is 0. The molecule has 0 saturated heterocycles. The zero-order valence-corrected chi connectivity index (χ0v) is 17.2. The van der Waals surface area contributed by atoms with Crippen LogP contribution in [0.2, 0.25) is 0 Å². The van der Waals surface area contributed by atoms with Crippen molar-refractivity contribution in [1.29, 1.82) is 0 Å². The molecular weight excluding hydrogens is 312 g/mol. The first-order chi connectivity index (χ1) is 12.3. The van der Waals surface area contributed by atoms with Crippen molar-refractivity contribution in [1.82, 2.24) is 0 Å². The van der Waals surface area contributed by atoms with E-state index < -0.39 is 0 Å². The molecule has 26 heavy (non-hydrogen) atoms. The Balaban J connectivity index is 0.000000198. The van der Waals surface area contributed by atoms with Gasteiger partial charge in [0, 0.05) is 0 Å². The van der Waals surface area contributed by atoms with Gasteiger partial charge in [-0.2, -0.15) is 0 Å². The number of hydrogen-bond donors (Lipinski definition) is 0. The number of benzene rings is 3. The topological polar surface area (TPSA) is 0 Å². The molecule has 0 heteroatoms. The Labute approximate surface area is 160 Å². The highest BCUT2D eigenvalue weighted by Gasteiger charge is 2.11. The van der Waals surface area contributed by atoms with E-state index in [1.54, 1.807) is 0 Å². The molecule has 0 nitrogen and oxygen atoms in total. The van der Waals surface area contributed by atoms with Crippen molar-refractivity contribution in [2.75, 3.05) is 0 Å². The van der Waals surface area contributed by atoms with Crippen LogP contribution in [-0.4, -0.2) is 0 Å². The quantitative estimate of drug-likeness (QED) is 0.422. The van der Waals surface area contributed by atoms with Crippen molar-refractivity contribution < 1.29 is 0 Å². The fourth-order valence-electron chi connectivity index (χ4n) is 2.31. The predicted molar refractivity (Wildman–Crippen MR) is 117 cm³/mol. The van der Waals surface area contributed by atoms with Crippen LogP contribution >= 0.6 is 0 Å². The number of rotatable bonds is 1. The van der Waals surface area contributed by atoms with Gasteiger partial charge in [0.15, 0.2) is 0 Å². The average molecular weight is 347 g/mol. The van der Waals surface area contributed by atoms with Crippen molar-refractivity contribution in [3.63, 3.8) is 0 Å². The van der Waals surface area contributed by atoms with Gasteiger partial charge in [0.1, 0.15) is 0 Å². The molecule has 0 N–H and O–H groups in total. The molecule has 0 amide bonds. The van der Waals surface area contributed by atoms with Gasteiger partial charge in [-0.1, -0.05) is 131 Å². The van der Waals surface area contributed by atoms with E-state index in [1.807, 2.05) is 24.3 Å². The monoisotopic (exact) mass is 346 g/mol. The van der Waals surface area contributed by atoms with Crippen LogP contribution in [0.3, 0.4) is 0 Å².